The topological polar surface area (TPSA) is 47.3 Å². The Balaban J connectivity index is 1.93. The third kappa shape index (κ3) is 3.40. The van der Waals surface area contributed by atoms with E-state index in [1.165, 1.54) is 11.3 Å². The molecule has 1 amide bonds. The van der Waals surface area contributed by atoms with Crippen LogP contribution in [0.3, 0.4) is 0 Å². The van der Waals surface area contributed by atoms with Gasteiger partial charge in [-0.2, -0.15) is 5.26 Å². The summed E-state index contributed by atoms with van der Waals surface area (Å²) in [5, 5.41) is 11.1. The number of nitrogens with zero attached hydrogens (tertiary/aromatic N) is 3. The van der Waals surface area contributed by atoms with Gasteiger partial charge in [-0.15, -0.1) is 11.3 Å². The molecule has 1 saturated heterocycles. The molecule has 1 atom stereocenters. The average molecular weight is 356 g/mol. The van der Waals surface area contributed by atoms with E-state index in [1.807, 2.05) is 16.3 Å². The maximum Gasteiger partial charge on any atom is 0.265 e. The van der Waals surface area contributed by atoms with Crippen molar-refractivity contribution < 1.29 is 4.79 Å². The first-order chi connectivity index (χ1) is 9.67. The van der Waals surface area contributed by atoms with Crippen LogP contribution in [0.4, 0.5) is 0 Å². The largest absolute Gasteiger partial charge is 0.335 e. The first-order valence-corrected chi connectivity index (χ1v) is 8.50. The molecule has 20 heavy (non-hydrogen) atoms. The van der Waals surface area contributed by atoms with Crippen LogP contribution in [0, 0.1) is 11.3 Å². The van der Waals surface area contributed by atoms with E-state index in [2.05, 4.69) is 33.8 Å². The third-order valence-electron chi connectivity index (χ3n) is 3.56. The molecule has 0 spiro atoms. The first-order valence-electron chi connectivity index (χ1n) is 6.83. The fourth-order valence-electron chi connectivity index (χ4n) is 2.43. The van der Waals surface area contributed by atoms with Gasteiger partial charge in [-0.25, -0.2) is 0 Å². The monoisotopic (exact) mass is 355 g/mol. The normalized spacial score (nSPS) is 17.8. The molecule has 2 rings (SSSR count). The number of nitriles is 1. The number of amides is 1. The van der Waals surface area contributed by atoms with Gasteiger partial charge in [0.05, 0.1) is 12.1 Å². The number of rotatable bonds is 4. The van der Waals surface area contributed by atoms with Crippen molar-refractivity contribution >= 4 is 33.2 Å². The second-order valence-electron chi connectivity index (χ2n) is 4.86. The number of carbonyl (C=O) groups is 1. The van der Waals surface area contributed by atoms with Crippen LogP contribution in [0.2, 0.25) is 0 Å². The highest BCUT2D eigenvalue weighted by molar-refractivity contribution is 9.10. The molecule has 1 aliphatic rings. The minimum absolute atomic E-state index is 0.00859. The van der Waals surface area contributed by atoms with Gasteiger partial charge in [-0.3, -0.25) is 9.69 Å². The van der Waals surface area contributed by atoms with Gasteiger partial charge in [0.1, 0.15) is 4.88 Å². The Morgan fingerprint density at radius 1 is 1.50 bits per heavy atom. The molecule has 1 aliphatic heterocycles. The lowest BCUT2D eigenvalue weighted by atomic mass is 10.1. The molecular formula is C14H18BrN3OS. The van der Waals surface area contributed by atoms with Crippen LogP contribution >= 0.6 is 27.3 Å². The summed E-state index contributed by atoms with van der Waals surface area (Å²) in [4.78, 5) is 17.2. The summed E-state index contributed by atoms with van der Waals surface area (Å²) >= 11 is 4.88. The van der Waals surface area contributed by atoms with Crippen molar-refractivity contribution in [2.24, 2.45) is 0 Å². The first kappa shape index (κ1) is 15.5. The van der Waals surface area contributed by atoms with E-state index in [1.54, 1.807) is 0 Å². The zero-order valence-electron chi connectivity index (χ0n) is 11.5. The molecule has 0 radical (unpaired) electrons. The van der Waals surface area contributed by atoms with E-state index in [4.69, 9.17) is 0 Å². The number of thiophene rings is 1. The van der Waals surface area contributed by atoms with Crippen molar-refractivity contribution in [2.75, 3.05) is 26.2 Å². The highest BCUT2D eigenvalue weighted by Gasteiger charge is 2.27. The number of hydrogen-bond acceptors (Lipinski definition) is 4. The molecule has 108 valence electrons. The van der Waals surface area contributed by atoms with Gasteiger partial charge in [0.2, 0.25) is 0 Å². The van der Waals surface area contributed by atoms with Gasteiger partial charge in [-0.1, -0.05) is 13.3 Å². The average Bonchev–Trinajstić information content (AvgIpc) is 2.90. The number of carbonyl (C=O) groups excluding carboxylic acids is 1. The lowest BCUT2D eigenvalue weighted by Crippen LogP contribution is -2.51. The van der Waals surface area contributed by atoms with Gasteiger partial charge in [0.25, 0.3) is 5.91 Å². The van der Waals surface area contributed by atoms with E-state index in [0.29, 0.717) is 13.1 Å². The molecule has 0 bridgehead atoms. The summed E-state index contributed by atoms with van der Waals surface area (Å²) in [5.41, 5.74) is 0. The van der Waals surface area contributed by atoms with Crippen molar-refractivity contribution in [2.45, 2.75) is 25.8 Å². The fraction of sp³-hybridized carbons (Fsp3) is 0.571. The summed E-state index contributed by atoms with van der Waals surface area (Å²) < 4.78 is 0.871. The van der Waals surface area contributed by atoms with Gasteiger partial charge < -0.3 is 4.90 Å². The van der Waals surface area contributed by atoms with Crippen LogP contribution in [0.25, 0.3) is 0 Å². The lowest BCUT2D eigenvalue weighted by molar-refractivity contribution is 0.0605. The predicted molar refractivity (Wildman–Crippen MR) is 83.8 cm³/mol. The van der Waals surface area contributed by atoms with E-state index in [9.17, 15) is 10.1 Å². The van der Waals surface area contributed by atoms with Crippen LogP contribution in [0.1, 0.15) is 29.4 Å². The van der Waals surface area contributed by atoms with E-state index < -0.39 is 0 Å². The van der Waals surface area contributed by atoms with E-state index >= 15 is 0 Å². The molecule has 0 N–H and O–H groups in total. The Morgan fingerprint density at radius 3 is 2.70 bits per heavy atom. The van der Waals surface area contributed by atoms with Crippen LogP contribution in [0.15, 0.2) is 15.9 Å². The molecule has 1 unspecified atom stereocenters. The molecular weight excluding hydrogens is 338 g/mol. The summed E-state index contributed by atoms with van der Waals surface area (Å²) in [6, 6.07) is 4.27. The smallest absolute Gasteiger partial charge is 0.265 e. The van der Waals surface area contributed by atoms with Crippen LogP contribution < -0.4 is 0 Å². The Hall–Kier alpha value is -0.900. The Morgan fingerprint density at radius 2 is 2.20 bits per heavy atom. The van der Waals surface area contributed by atoms with Crippen molar-refractivity contribution in [1.29, 1.82) is 5.26 Å². The van der Waals surface area contributed by atoms with Gasteiger partial charge in [0, 0.05) is 30.7 Å². The Bertz CT molecular complexity index is 503. The van der Waals surface area contributed by atoms with Crippen molar-refractivity contribution in [3.05, 3.63) is 20.8 Å². The maximum atomic E-state index is 12.4. The minimum atomic E-state index is -0.00859. The quantitative estimate of drug-likeness (QED) is 0.833. The Labute approximate surface area is 132 Å². The van der Waals surface area contributed by atoms with Gasteiger partial charge in [-0.05, 0) is 33.8 Å². The number of hydrogen-bond donors (Lipinski definition) is 0. The summed E-state index contributed by atoms with van der Waals surface area (Å²) in [6.07, 6.45) is 1.92. The zero-order chi connectivity index (χ0) is 14.5. The number of halogens is 1. The number of piperazine rings is 1. The van der Waals surface area contributed by atoms with Crippen LogP contribution in [0.5, 0.6) is 0 Å². The molecule has 0 aliphatic carbocycles. The molecule has 2 heterocycles. The summed E-state index contributed by atoms with van der Waals surface area (Å²) in [6.45, 7) is 5.06. The van der Waals surface area contributed by atoms with Crippen molar-refractivity contribution in [1.82, 2.24) is 9.80 Å². The van der Waals surface area contributed by atoms with Crippen molar-refractivity contribution in [3.63, 3.8) is 0 Å². The minimum Gasteiger partial charge on any atom is -0.335 e. The highest BCUT2D eigenvalue weighted by Crippen LogP contribution is 2.24. The Kier molecular flexibility index (Phi) is 5.58. The predicted octanol–water partition coefficient (Wildman–Crippen LogP) is 2.96. The van der Waals surface area contributed by atoms with Gasteiger partial charge in [0.15, 0.2) is 0 Å². The molecule has 6 heteroatoms. The fourth-order valence-corrected chi connectivity index (χ4v) is 3.94. The molecule has 1 fully saturated rings. The third-order valence-corrected chi connectivity index (χ3v) is 5.39. The molecule has 0 saturated carbocycles. The zero-order valence-corrected chi connectivity index (χ0v) is 13.9. The van der Waals surface area contributed by atoms with Crippen LogP contribution in [-0.4, -0.2) is 47.9 Å². The molecule has 4 nitrogen and oxygen atoms in total. The highest BCUT2D eigenvalue weighted by atomic mass is 79.9. The molecule has 1 aromatic heterocycles. The lowest BCUT2D eigenvalue weighted by Gasteiger charge is -2.36. The van der Waals surface area contributed by atoms with Gasteiger partial charge >= 0.3 is 0 Å². The van der Waals surface area contributed by atoms with E-state index in [-0.39, 0.29) is 11.9 Å². The molecule has 1 aromatic rings. The maximum absolute atomic E-state index is 12.4. The standard InChI is InChI=1S/C14H18BrN3OS/c1-2-3-11(10-16)17-5-7-18(8-6-17)14(19)13-12(15)4-9-20-13/h4,9,11H,2-3,5-8H2,1H3. The molecule has 0 aromatic carbocycles. The summed E-state index contributed by atoms with van der Waals surface area (Å²) in [5.74, 6) is 0.0931. The van der Waals surface area contributed by atoms with E-state index in [0.717, 1.165) is 35.3 Å². The second kappa shape index (κ2) is 7.21. The van der Waals surface area contributed by atoms with Crippen LogP contribution in [-0.2, 0) is 0 Å². The summed E-state index contributed by atoms with van der Waals surface area (Å²) in [7, 11) is 0. The SMILES string of the molecule is CCCC(C#N)N1CCN(C(=O)c2sccc2Br)CC1. The second-order valence-corrected chi connectivity index (χ2v) is 6.63. The van der Waals surface area contributed by atoms with Crippen molar-refractivity contribution in [3.8, 4) is 6.07 Å².